The number of thioether (sulfide) groups is 1. The fourth-order valence-corrected chi connectivity index (χ4v) is 5.96. The van der Waals surface area contributed by atoms with E-state index < -0.39 is 0 Å². The number of hydrogen-bond acceptors (Lipinski definition) is 7. The zero-order valence-corrected chi connectivity index (χ0v) is 18.9. The van der Waals surface area contributed by atoms with Gasteiger partial charge in [0.1, 0.15) is 4.70 Å². The molecule has 2 fully saturated rings. The smallest absolute Gasteiger partial charge is 0.274 e. The van der Waals surface area contributed by atoms with E-state index in [4.69, 9.17) is 0 Å². The van der Waals surface area contributed by atoms with Crippen LogP contribution in [0.3, 0.4) is 0 Å². The van der Waals surface area contributed by atoms with E-state index in [0.29, 0.717) is 22.0 Å². The van der Waals surface area contributed by atoms with Crippen molar-refractivity contribution in [1.29, 1.82) is 0 Å². The Labute approximate surface area is 185 Å². The van der Waals surface area contributed by atoms with Gasteiger partial charge in [0.25, 0.3) is 5.56 Å². The summed E-state index contributed by atoms with van der Waals surface area (Å²) in [6.07, 6.45) is 11.0. The predicted molar refractivity (Wildman–Crippen MR) is 124 cm³/mol. The minimum absolute atomic E-state index is 0.00122. The Morgan fingerprint density at radius 2 is 1.90 bits per heavy atom. The topological polar surface area (TPSA) is 80.1 Å². The van der Waals surface area contributed by atoms with E-state index >= 15 is 0 Å². The van der Waals surface area contributed by atoms with Gasteiger partial charge < -0.3 is 10.2 Å². The molecule has 0 spiro atoms. The van der Waals surface area contributed by atoms with Gasteiger partial charge in [-0.05, 0) is 32.1 Å². The van der Waals surface area contributed by atoms with Crippen LogP contribution in [-0.4, -0.2) is 45.3 Å². The molecule has 1 N–H and O–H groups in total. The molecule has 0 bridgehead atoms. The Bertz CT molecular complexity index is 958. The van der Waals surface area contributed by atoms with E-state index in [0.717, 1.165) is 43.9 Å². The van der Waals surface area contributed by atoms with Crippen LogP contribution in [0.2, 0.25) is 0 Å². The monoisotopic (exact) mass is 447 g/mol. The van der Waals surface area contributed by atoms with E-state index in [1.54, 1.807) is 10.6 Å². The number of aromatic nitrogens is 3. The van der Waals surface area contributed by atoms with Crippen molar-refractivity contribution < 1.29 is 4.79 Å². The van der Waals surface area contributed by atoms with Gasteiger partial charge >= 0.3 is 0 Å². The Kier molecular flexibility index (Phi) is 7.09. The van der Waals surface area contributed by atoms with Gasteiger partial charge in [-0.2, -0.15) is 4.98 Å². The van der Waals surface area contributed by atoms with Gasteiger partial charge in [0.15, 0.2) is 15.9 Å². The molecule has 0 radical (unpaired) electrons. The van der Waals surface area contributed by atoms with Crippen molar-refractivity contribution in [3.8, 4) is 0 Å². The van der Waals surface area contributed by atoms with Crippen LogP contribution in [0.25, 0.3) is 10.3 Å². The summed E-state index contributed by atoms with van der Waals surface area (Å²) in [6, 6.07) is 0.281. The van der Waals surface area contributed by atoms with Crippen molar-refractivity contribution in [1.82, 2.24) is 19.9 Å². The first-order valence-electron chi connectivity index (χ1n) is 10.8. The zero-order valence-electron chi connectivity index (χ0n) is 17.3. The third kappa shape index (κ3) is 4.88. The molecule has 2 aromatic rings. The lowest BCUT2D eigenvalue weighted by atomic mass is 9.95. The molecule has 0 atom stereocenters. The van der Waals surface area contributed by atoms with Gasteiger partial charge in [0.05, 0.1) is 5.75 Å². The second-order valence-electron chi connectivity index (χ2n) is 7.99. The highest BCUT2D eigenvalue weighted by atomic mass is 32.2. The number of nitrogens with zero attached hydrogens (tertiary/aromatic N) is 4. The van der Waals surface area contributed by atoms with Crippen molar-refractivity contribution in [3.63, 3.8) is 0 Å². The first-order chi connectivity index (χ1) is 14.7. The Morgan fingerprint density at radius 1 is 1.17 bits per heavy atom. The number of allylic oxidation sites excluding steroid dienone is 1. The van der Waals surface area contributed by atoms with Gasteiger partial charge in [0, 0.05) is 25.7 Å². The highest BCUT2D eigenvalue weighted by Crippen LogP contribution is 2.29. The molecule has 7 nitrogen and oxygen atoms in total. The van der Waals surface area contributed by atoms with E-state index in [2.05, 4.69) is 26.8 Å². The Hall–Kier alpha value is -1.87. The van der Waals surface area contributed by atoms with Crippen molar-refractivity contribution in [2.45, 2.75) is 69.1 Å². The van der Waals surface area contributed by atoms with Gasteiger partial charge in [-0.3, -0.25) is 14.2 Å². The maximum absolute atomic E-state index is 13.1. The molecule has 1 saturated carbocycles. The maximum atomic E-state index is 13.1. The molecule has 1 amide bonds. The van der Waals surface area contributed by atoms with E-state index in [9.17, 15) is 9.59 Å². The lowest BCUT2D eigenvalue weighted by molar-refractivity contribution is -0.119. The van der Waals surface area contributed by atoms with Crippen molar-refractivity contribution in [2.24, 2.45) is 0 Å². The standard InChI is InChI=1S/C21H29N5O2S2/c1-2-11-26-19(28)17-18(23-20(30-17)25-12-7-4-8-13-25)24-21(26)29-14-16(27)22-15-9-5-3-6-10-15/h2,15H,1,3-14H2,(H,22,27). The summed E-state index contributed by atoms with van der Waals surface area (Å²) in [4.78, 5) is 37.1. The molecule has 162 valence electrons. The molecule has 4 rings (SSSR count). The molecular formula is C21H29N5O2S2. The van der Waals surface area contributed by atoms with E-state index in [-0.39, 0.29) is 23.3 Å². The molecule has 1 aliphatic heterocycles. The molecule has 0 aromatic carbocycles. The van der Waals surface area contributed by atoms with Crippen LogP contribution >= 0.6 is 23.1 Å². The number of carbonyl (C=O) groups is 1. The van der Waals surface area contributed by atoms with E-state index in [1.165, 1.54) is 48.8 Å². The SMILES string of the molecule is C=CCn1c(SCC(=O)NC2CCCCC2)nc2nc(N3CCCCC3)sc2c1=O. The molecule has 3 heterocycles. The number of carbonyl (C=O) groups excluding carboxylic acids is 1. The highest BCUT2D eigenvalue weighted by Gasteiger charge is 2.21. The predicted octanol–water partition coefficient (Wildman–Crippen LogP) is 3.57. The minimum Gasteiger partial charge on any atom is -0.353 e. The molecule has 0 unspecified atom stereocenters. The normalized spacial score (nSPS) is 17.9. The highest BCUT2D eigenvalue weighted by molar-refractivity contribution is 7.99. The average molecular weight is 448 g/mol. The lowest BCUT2D eigenvalue weighted by Gasteiger charge is -2.25. The quantitative estimate of drug-likeness (QED) is 0.397. The van der Waals surface area contributed by atoms with E-state index in [1.807, 2.05) is 0 Å². The van der Waals surface area contributed by atoms with Gasteiger partial charge in [-0.15, -0.1) is 6.58 Å². The number of anilines is 1. The van der Waals surface area contributed by atoms with Crippen molar-refractivity contribution >= 4 is 44.5 Å². The third-order valence-corrected chi connectivity index (χ3v) is 7.78. The average Bonchev–Trinajstić information content (AvgIpc) is 3.20. The summed E-state index contributed by atoms with van der Waals surface area (Å²) >= 11 is 2.72. The fourth-order valence-electron chi connectivity index (χ4n) is 4.14. The maximum Gasteiger partial charge on any atom is 0.274 e. The summed E-state index contributed by atoms with van der Waals surface area (Å²) in [6.45, 7) is 6.09. The second kappa shape index (κ2) is 9.96. The van der Waals surface area contributed by atoms with Crippen LogP contribution in [0.15, 0.2) is 22.6 Å². The Balaban J connectivity index is 1.53. The molecular weight excluding hydrogens is 418 g/mol. The molecule has 9 heteroatoms. The molecule has 2 aromatic heterocycles. The van der Waals surface area contributed by atoms with Gasteiger partial charge in [0.2, 0.25) is 5.91 Å². The minimum atomic E-state index is -0.101. The van der Waals surface area contributed by atoms with Gasteiger partial charge in [-0.1, -0.05) is 48.4 Å². The lowest BCUT2D eigenvalue weighted by Crippen LogP contribution is -2.37. The van der Waals surface area contributed by atoms with Crippen molar-refractivity contribution in [2.75, 3.05) is 23.7 Å². The molecule has 1 saturated heterocycles. The summed E-state index contributed by atoms with van der Waals surface area (Å²) < 4.78 is 2.18. The van der Waals surface area contributed by atoms with Crippen LogP contribution in [0, 0.1) is 0 Å². The number of hydrogen-bond donors (Lipinski definition) is 1. The largest absolute Gasteiger partial charge is 0.353 e. The van der Waals surface area contributed by atoms with Crippen LogP contribution in [0.5, 0.6) is 0 Å². The van der Waals surface area contributed by atoms with Crippen LogP contribution in [0.4, 0.5) is 5.13 Å². The summed E-state index contributed by atoms with van der Waals surface area (Å²) in [7, 11) is 0. The van der Waals surface area contributed by atoms with Crippen molar-refractivity contribution in [3.05, 3.63) is 23.0 Å². The third-order valence-electron chi connectivity index (χ3n) is 5.71. The number of fused-ring (bicyclic) bond motifs is 1. The van der Waals surface area contributed by atoms with Gasteiger partial charge in [-0.25, -0.2) is 4.98 Å². The molecule has 30 heavy (non-hydrogen) atoms. The van der Waals surface area contributed by atoms with Crippen LogP contribution in [0.1, 0.15) is 51.4 Å². The second-order valence-corrected chi connectivity index (χ2v) is 9.91. The van der Waals surface area contributed by atoms with Crippen LogP contribution in [-0.2, 0) is 11.3 Å². The first-order valence-corrected chi connectivity index (χ1v) is 12.7. The first kappa shape index (κ1) is 21.4. The number of thiazole rings is 1. The number of nitrogens with one attached hydrogen (secondary N) is 1. The summed E-state index contributed by atoms with van der Waals surface area (Å²) in [5, 5.41) is 4.53. The summed E-state index contributed by atoms with van der Waals surface area (Å²) in [5.41, 5.74) is 0.386. The van der Waals surface area contributed by atoms with Crippen LogP contribution < -0.4 is 15.8 Å². The molecule has 1 aliphatic carbocycles. The zero-order chi connectivity index (χ0) is 20.9. The molecule has 2 aliphatic rings. The summed E-state index contributed by atoms with van der Waals surface area (Å²) in [5.74, 6) is 0.244. The number of amides is 1. The number of piperidine rings is 1. The number of rotatable bonds is 7. The Morgan fingerprint density at radius 3 is 2.63 bits per heavy atom. The fraction of sp³-hybridized carbons (Fsp3) is 0.619.